The molecule has 0 saturated heterocycles. The topological polar surface area (TPSA) is 32.3 Å². The molecule has 3 heteroatoms. The van der Waals surface area contributed by atoms with Gasteiger partial charge in [0.1, 0.15) is 5.78 Å². The average molecular weight is 158 g/mol. The highest BCUT2D eigenvalue weighted by atomic mass is 16.1. The Kier molecular flexibility index (Phi) is 6.07. The Morgan fingerprint density at radius 1 is 1.55 bits per heavy atom. The number of nitrogens with one attached hydrogen (secondary N) is 1. The van der Waals surface area contributed by atoms with Gasteiger partial charge in [-0.15, -0.1) is 0 Å². The quantitative estimate of drug-likeness (QED) is 0.596. The highest BCUT2D eigenvalue weighted by Crippen LogP contribution is 1.86. The molecule has 0 saturated carbocycles. The van der Waals surface area contributed by atoms with E-state index in [9.17, 15) is 4.79 Å². The third-order valence-corrected chi connectivity index (χ3v) is 1.57. The molecule has 0 amide bonds. The van der Waals surface area contributed by atoms with Crippen LogP contribution in [0.2, 0.25) is 0 Å². The van der Waals surface area contributed by atoms with Crippen molar-refractivity contribution < 1.29 is 4.79 Å². The zero-order valence-corrected chi connectivity index (χ0v) is 7.68. The van der Waals surface area contributed by atoms with E-state index in [-0.39, 0.29) is 5.78 Å². The van der Waals surface area contributed by atoms with Crippen molar-refractivity contribution in [2.75, 3.05) is 33.2 Å². The molecule has 0 aliphatic carbocycles. The van der Waals surface area contributed by atoms with Crippen LogP contribution in [-0.2, 0) is 4.79 Å². The van der Waals surface area contributed by atoms with E-state index in [0.717, 1.165) is 19.6 Å². The fraction of sp³-hybridized carbons (Fsp3) is 0.875. The molecule has 0 unspecified atom stereocenters. The molecule has 0 rings (SSSR count). The maximum absolute atomic E-state index is 10.7. The summed E-state index contributed by atoms with van der Waals surface area (Å²) < 4.78 is 0. The molecule has 11 heavy (non-hydrogen) atoms. The molecule has 0 fully saturated rings. The van der Waals surface area contributed by atoms with Crippen molar-refractivity contribution in [1.82, 2.24) is 10.2 Å². The normalized spacial score (nSPS) is 10.5. The molecule has 0 aliphatic heterocycles. The number of nitrogens with zero attached hydrogens (tertiary/aromatic N) is 1. The second-order valence-electron chi connectivity index (χ2n) is 2.67. The van der Waals surface area contributed by atoms with Gasteiger partial charge in [0.2, 0.25) is 0 Å². The van der Waals surface area contributed by atoms with E-state index in [1.165, 1.54) is 0 Å². The minimum Gasteiger partial charge on any atom is -0.318 e. The van der Waals surface area contributed by atoms with Gasteiger partial charge in [0.05, 0.1) is 6.54 Å². The van der Waals surface area contributed by atoms with Crippen molar-refractivity contribution >= 4 is 5.78 Å². The van der Waals surface area contributed by atoms with Gasteiger partial charge in [-0.05, 0) is 20.5 Å². The molecule has 0 aliphatic rings. The lowest BCUT2D eigenvalue weighted by molar-refractivity contribution is -0.118. The van der Waals surface area contributed by atoms with Crippen LogP contribution in [0.4, 0.5) is 0 Å². The van der Waals surface area contributed by atoms with Crippen LogP contribution in [0.15, 0.2) is 0 Å². The number of carbonyl (C=O) groups is 1. The predicted octanol–water partition coefficient (Wildman–Crippen LogP) is 0.117. The lowest BCUT2D eigenvalue weighted by Crippen LogP contribution is -2.34. The van der Waals surface area contributed by atoms with Gasteiger partial charge in [-0.3, -0.25) is 9.69 Å². The Hall–Kier alpha value is -0.410. The summed E-state index contributed by atoms with van der Waals surface area (Å²) in [5.41, 5.74) is 0. The van der Waals surface area contributed by atoms with Crippen LogP contribution >= 0.6 is 0 Å². The Morgan fingerprint density at radius 3 is 2.55 bits per heavy atom. The van der Waals surface area contributed by atoms with E-state index < -0.39 is 0 Å². The number of carbonyl (C=O) groups excluding carboxylic acids is 1. The molecule has 0 aromatic rings. The van der Waals surface area contributed by atoms with Crippen LogP contribution in [0.1, 0.15) is 13.8 Å². The lowest BCUT2D eigenvalue weighted by Gasteiger charge is -2.17. The minimum absolute atomic E-state index is 0.239. The molecule has 0 aromatic carbocycles. The molecule has 0 radical (unpaired) electrons. The average Bonchev–Trinajstić information content (AvgIpc) is 1.97. The van der Waals surface area contributed by atoms with Gasteiger partial charge in [0.15, 0.2) is 0 Å². The first kappa shape index (κ1) is 10.6. The van der Waals surface area contributed by atoms with E-state index in [1.54, 1.807) is 6.92 Å². The smallest absolute Gasteiger partial charge is 0.143 e. The zero-order chi connectivity index (χ0) is 8.69. The van der Waals surface area contributed by atoms with Gasteiger partial charge in [-0.1, -0.05) is 6.92 Å². The predicted molar refractivity (Wildman–Crippen MR) is 46.7 cm³/mol. The largest absolute Gasteiger partial charge is 0.318 e. The van der Waals surface area contributed by atoms with E-state index in [2.05, 4.69) is 17.1 Å². The van der Waals surface area contributed by atoms with Crippen LogP contribution < -0.4 is 5.32 Å². The van der Waals surface area contributed by atoms with E-state index in [0.29, 0.717) is 6.54 Å². The van der Waals surface area contributed by atoms with E-state index >= 15 is 0 Å². The van der Waals surface area contributed by atoms with Gasteiger partial charge >= 0.3 is 0 Å². The summed E-state index contributed by atoms with van der Waals surface area (Å²) in [5.74, 6) is 0.239. The molecule has 66 valence electrons. The molecule has 3 nitrogen and oxygen atoms in total. The maximum Gasteiger partial charge on any atom is 0.143 e. The van der Waals surface area contributed by atoms with Crippen molar-refractivity contribution in [3.05, 3.63) is 0 Å². The van der Waals surface area contributed by atoms with Gasteiger partial charge in [0.25, 0.3) is 0 Å². The fourth-order valence-electron chi connectivity index (χ4n) is 0.934. The summed E-state index contributed by atoms with van der Waals surface area (Å²) >= 11 is 0. The summed E-state index contributed by atoms with van der Waals surface area (Å²) in [4.78, 5) is 12.8. The number of rotatable bonds is 6. The molecule has 0 atom stereocenters. The Labute approximate surface area is 68.8 Å². The Balaban J connectivity index is 3.49. The van der Waals surface area contributed by atoms with Crippen molar-refractivity contribution in [3.63, 3.8) is 0 Å². The highest BCUT2D eigenvalue weighted by molar-refractivity contribution is 5.77. The number of ketones is 1. The molecule has 0 heterocycles. The molecular weight excluding hydrogens is 140 g/mol. The first-order valence-electron chi connectivity index (χ1n) is 4.07. The molecular formula is C8H18N2O. The van der Waals surface area contributed by atoms with Gasteiger partial charge in [-0.2, -0.15) is 0 Å². The van der Waals surface area contributed by atoms with Gasteiger partial charge in [0, 0.05) is 13.1 Å². The van der Waals surface area contributed by atoms with Gasteiger partial charge < -0.3 is 5.32 Å². The van der Waals surface area contributed by atoms with Crippen LogP contribution in [0, 0.1) is 0 Å². The molecule has 0 aromatic heterocycles. The van der Waals surface area contributed by atoms with Crippen LogP contribution in [0.5, 0.6) is 0 Å². The summed E-state index contributed by atoms with van der Waals surface area (Å²) in [6.45, 7) is 7.12. The number of hydrogen-bond donors (Lipinski definition) is 1. The first-order valence-corrected chi connectivity index (χ1v) is 4.07. The van der Waals surface area contributed by atoms with Crippen LogP contribution in [0.3, 0.4) is 0 Å². The standard InChI is InChI=1S/C8H18N2O/c1-4-10(6-5-9-3)7-8(2)11/h9H,4-7H2,1-3H3. The van der Waals surface area contributed by atoms with Crippen molar-refractivity contribution in [1.29, 1.82) is 0 Å². The summed E-state index contributed by atoms with van der Waals surface area (Å²) in [6.07, 6.45) is 0. The maximum atomic E-state index is 10.7. The fourth-order valence-corrected chi connectivity index (χ4v) is 0.934. The third-order valence-electron chi connectivity index (χ3n) is 1.57. The van der Waals surface area contributed by atoms with E-state index in [4.69, 9.17) is 0 Å². The lowest BCUT2D eigenvalue weighted by atomic mass is 10.4. The highest BCUT2D eigenvalue weighted by Gasteiger charge is 2.02. The van der Waals surface area contributed by atoms with Crippen LogP contribution in [-0.4, -0.2) is 43.9 Å². The van der Waals surface area contributed by atoms with Crippen molar-refractivity contribution in [2.45, 2.75) is 13.8 Å². The second kappa shape index (κ2) is 6.31. The monoisotopic (exact) mass is 158 g/mol. The van der Waals surface area contributed by atoms with Gasteiger partial charge in [-0.25, -0.2) is 0 Å². The Bertz CT molecular complexity index is 115. The SMILES string of the molecule is CCN(CCNC)CC(C)=O. The zero-order valence-electron chi connectivity index (χ0n) is 7.68. The van der Waals surface area contributed by atoms with Crippen LogP contribution in [0.25, 0.3) is 0 Å². The minimum atomic E-state index is 0.239. The van der Waals surface area contributed by atoms with Crippen molar-refractivity contribution in [2.24, 2.45) is 0 Å². The summed E-state index contributed by atoms with van der Waals surface area (Å²) in [6, 6.07) is 0. The molecule has 0 bridgehead atoms. The number of hydrogen-bond acceptors (Lipinski definition) is 3. The Morgan fingerprint density at radius 2 is 2.18 bits per heavy atom. The molecule has 1 N–H and O–H groups in total. The summed E-state index contributed by atoms with van der Waals surface area (Å²) in [7, 11) is 1.92. The van der Waals surface area contributed by atoms with E-state index in [1.807, 2.05) is 7.05 Å². The second-order valence-corrected chi connectivity index (χ2v) is 2.67. The summed E-state index contributed by atoms with van der Waals surface area (Å²) in [5, 5.41) is 3.05. The molecule has 0 spiro atoms. The third kappa shape index (κ3) is 6.01. The van der Waals surface area contributed by atoms with Crippen molar-refractivity contribution in [3.8, 4) is 0 Å². The number of likely N-dealkylation sites (N-methyl/N-ethyl adjacent to an activating group) is 2. The number of Topliss-reactive ketones (excluding diaryl/α,β-unsaturated/α-hetero) is 1. The first-order chi connectivity index (χ1) is 5.20.